The largest absolute Gasteiger partial charge is 0.494 e. The molecule has 0 aromatic heterocycles. The first-order chi connectivity index (χ1) is 8.36. The average Bonchev–Trinajstić information content (AvgIpc) is 2.38. The molecule has 1 aromatic rings. The second kappa shape index (κ2) is 9.02. The SMILES string of the molecule is NCCCCCCCOc1ccc(CN)cc1. The Morgan fingerprint density at radius 3 is 2.12 bits per heavy atom. The molecule has 0 saturated carbocycles. The highest BCUT2D eigenvalue weighted by molar-refractivity contribution is 5.26. The highest BCUT2D eigenvalue weighted by Crippen LogP contribution is 2.12. The molecule has 0 bridgehead atoms. The van der Waals surface area contributed by atoms with Gasteiger partial charge in [0.05, 0.1) is 6.61 Å². The van der Waals surface area contributed by atoms with Crippen molar-refractivity contribution < 1.29 is 4.74 Å². The van der Waals surface area contributed by atoms with E-state index >= 15 is 0 Å². The second-order valence-corrected chi connectivity index (χ2v) is 4.25. The van der Waals surface area contributed by atoms with Crippen LogP contribution in [-0.4, -0.2) is 13.2 Å². The molecule has 0 aliphatic rings. The number of rotatable bonds is 9. The molecule has 1 aromatic carbocycles. The van der Waals surface area contributed by atoms with Crippen LogP contribution in [0.1, 0.15) is 37.7 Å². The van der Waals surface area contributed by atoms with Crippen LogP contribution in [0.5, 0.6) is 5.75 Å². The number of unbranched alkanes of at least 4 members (excludes halogenated alkanes) is 4. The summed E-state index contributed by atoms with van der Waals surface area (Å²) >= 11 is 0. The highest BCUT2D eigenvalue weighted by Gasteiger charge is 1.95. The van der Waals surface area contributed by atoms with Crippen molar-refractivity contribution in [3.8, 4) is 5.75 Å². The normalized spacial score (nSPS) is 10.5. The van der Waals surface area contributed by atoms with Crippen molar-refractivity contribution in [2.45, 2.75) is 38.6 Å². The fourth-order valence-corrected chi connectivity index (χ4v) is 1.69. The van der Waals surface area contributed by atoms with Crippen molar-refractivity contribution >= 4 is 0 Å². The van der Waals surface area contributed by atoms with Gasteiger partial charge in [-0.1, -0.05) is 31.4 Å². The Hall–Kier alpha value is -1.06. The predicted molar refractivity (Wildman–Crippen MR) is 72.0 cm³/mol. The first kappa shape index (κ1) is 14.0. The summed E-state index contributed by atoms with van der Waals surface area (Å²) in [5.41, 5.74) is 12.1. The van der Waals surface area contributed by atoms with Crippen molar-refractivity contribution in [1.29, 1.82) is 0 Å². The van der Waals surface area contributed by atoms with Gasteiger partial charge in [0.1, 0.15) is 5.75 Å². The van der Waals surface area contributed by atoms with Crippen molar-refractivity contribution in [1.82, 2.24) is 0 Å². The molecule has 0 aliphatic carbocycles. The average molecular weight is 236 g/mol. The van der Waals surface area contributed by atoms with E-state index in [9.17, 15) is 0 Å². The van der Waals surface area contributed by atoms with Crippen molar-refractivity contribution in [2.24, 2.45) is 11.5 Å². The summed E-state index contributed by atoms with van der Waals surface area (Å²) in [6.07, 6.45) is 5.97. The van der Waals surface area contributed by atoms with E-state index in [1.165, 1.54) is 19.3 Å². The van der Waals surface area contributed by atoms with E-state index in [-0.39, 0.29) is 0 Å². The fraction of sp³-hybridized carbons (Fsp3) is 0.571. The number of nitrogens with two attached hydrogens (primary N) is 2. The summed E-state index contributed by atoms with van der Waals surface area (Å²) in [4.78, 5) is 0. The van der Waals surface area contributed by atoms with E-state index in [1.807, 2.05) is 24.3 Å². The third-order valence-electron chi connectivity index (χ3n) is 2.78. The predicted octanol–water partition coefficient (Wildman–Crippen LogP) is 2.43. The van der Waals surface area contributed by atoms with E-state index < -0.39 is 0 Å². The highest BCUT2D eigenvalue weighted by atomic mass is 16.5. The molecule has 0 fully saturated rings. The molecule has 0 aliphatic heterocycles. The van der Waals surface area contributed by atoms with Crippen LogP contribution in [0, 0.1) is 0 Å². The molecule has 17 heavy (non-hydrogen) atoms. The van der Waals surface area contributed by atoms with Gasteiger partial charge in [-0.3, -0.25) is 0 Å². The van der Waals surface area contributed by atoms with E-state index in [1.54, 1.807) is 0 Å². The van der Waals surface area contributed by atoms with Crippen LogP contribution in [-0.2, 0) is 6.54 Å². The molecule has 3 nitrogen and oxygen atoms in total. The summed E-state index contributed by atoms with van der Waals surface area (Å²) in [5, 5.41) is 0. The van der Waals surface area contributed by atoms with Crippen molar-refractivity contribution in [2.75, 3.05) is 13.2 Å². The maximum Gasteiger partial charge on any atom is 0.119 e. The van der Waals surface area contributed by atoms with Gasteiger partial charge < -0.3 is 16.2 Å². The molecule has 0 atom stereocenters. The lowest BCUT2D eigenvalue weighted by molar-refractivity contribution is 0.304. The zero-order chi connectivity index (χ0) is 12.3. The number of benzene rings is 1. The fourth-order valence-electron chi connectivity index (χ4n) is 1.69. The lowest BCUT2D eigenvalue weighted by Gasteiger charge is -2.06. The van der Waals surface area contributed by atoms with Crippen LogP contribution in [0.25, 0.3) is 0 Å². The Bertz CT molecular complexity index is 285. The molecule has 0 heterocycles. The van der Waals surface area contributed by atoms with E-state index in [4.69, 9.17) is 16.2 Å². The van der Waals surface area contributed by atoms with Gasteiger partial charge in [-0.25, -0.2) is 0 Å². The Labute approximate surface area is 104 Å². The first-order valence-electron chi connectivity index (χ1n) is 6.48. The van der Waals surface area contributed by atoms with Crippen LogP contribution in [0.4, 0.5) is 0 Å². The molecule has 0 amide bonds. The van der Waals surface area contributed by atoms with Gasteiger partial charge in [0.2, 0.25) is 0 Å². The zero-order valence-electron chi connectivity index (χ0n) is 10.5. The Kier molecular flexibility index (Phi) is 7.43. The van der Waals surface area contributed by atoms with E-state index in [2.05, 4.69) is 0 Å². The lowest BCUT2D eigenvalue weighted by Crippen LogP contribution is -2.00. The summed E-state index contributed by atoms with van der Waals surface area (Å²) in [6.45, 7) is 2.19. The van der Waals surface area contributed by atoms with Crippen molar-refractivity contribution in [3.63, 3.8) is 0 Å². The topological polar surface area (TPSA) is 61.3 Å². The second-order valence-electron chi connectivity index (χ2n) is 4.25. The monoisotopic (exact) mass is 236 g/mol. The molecular formula is C14H24N2O. The van der Waals surface area contributed by atoms with Crippen LogP contribution >= 0.6 is 0 Å². The maximum atomic E-state index is 5.65. The molecule has 0 spiro atoms. The first-order valence-corrected chi connectivity index (χ1v) is 6.48. The van der Waals surface area contributed by atoms with E-state index in [0.717, 1.165) is 37.3 Å². The quantitative estimate of drug-likeness (QED) is 0.647. The standard InChI is InChI=1S/C14H24N2O/c15-10-4-2-1-3-5-11-17-14-8-6-13(12-16)7-9-14/h6-9H,1-5,10-12,15-16H2. The molecular weight excluding hydrogens is 212 g/mol. The molecule has 0 radical (unpaired) electrons. The molecule has 4 N–H and O–H groups in total. The number of hydrogen-bond donors (Lipinski definition) is 2. The van der Waals surface area contributed by atoms with Gasteiger partial charge in [-0.2, -0.15) is 0 Å². The van der Waals surface area contributed by atoms with Gasteiger partial charge >= 0.3 is 0 Å². The summed E-state index contributed by atoms with van der Waals surface area (Å²) in [7, 11) is 0. The number of ether oxygens (including phenoxy) is 1. The van der Waals surface area contributed by atoms with E-state index in [0.29, 0.717) is 6.54 Å². The Balaban J connectivity index is 2.05. The Morgan fingerprint density at radius 1 is 0.824 bits per heavy atom. The smallest absolute Gasteiger partial charge is 0.119 e. The minimum atomic E-state index is 0.585. The maximum absolute atomic E-state index is 5.65. The van der Waals surface area contributed by atoms with Gasteiger partial charge in [0.25, 0.3) is 0 Å². The van der Waals surface area contributed by atoms with Crippen LogP contribution in [0.15, 0.2) is 24.3 Å². The van der Waals surface area contributed by atoms with Crippen molar-refractivity contribution in [3.05, 3.63) is 29.8 Å². The number of hydrogen-bond acceptors (Lipinski definition) is 3. The Morgan fingerprint density at radius 2 is 1.47 bits per heavy atom. The molecule has 3 heteroatoms. The van der Waals surface area contributed by atoms with Gasteiger partial charge in [0.15, 0.2) is 0 Å². The summed E-state index contributed by atoms with van der Waals surface area (Å²) in [6, 6.07) is 7.99. The van der Waals surface area contributed by atoms with Crippen LogP contribution in [0.3, 0.4) is 0 Å². The van der Waals surface area contributed by atoms with Crippen LogP contribution < -0.4 is 16.2 Å². The zero-order valence-corrected chi connectivity index (χ0v) is 10.5. The summed E-state index contributed by atoms with van der Waals surface area (Å²) in [5.74, 6) is 0.934. The minimum absolute atomic E-state index is 0.585. The van der Waals surface area contributed by atoms with Gasteiger partial charge in [-0.05, 0) is 37.1 Å². The summed E-state index contributed by atoms with van der Waals surface area (Å²) < 4.78 is 5.65. The van der Waals surface area contributed by atoms with Gasteiger partial charge in [0, 0.05) is 6.54 Å². The molecule has 96 valence electrons. The van der Waals surface area contributed by atoms with Gasteiger partial charge in [-0.15, -0.1) is 0 Å². The third kappa shape index (κ3) is 6.29. The third-order valence-corrected chi connectivity index (χ3v) is 2.78. The molecule has 1 rings (SSSR count). The molecule has 0 unspecified atom stereocenters. The van der Waals surface area contributed by atoms with Crippen LogP contribution in [0.2, 0.25) is 0 Å². The lowest BCUT2D eigenvalue weighted by atomic mass is 10.1. The molecule has 0 saturated heterocycles. The minimum Gasteiger partial charge on any atom is -0.494 e.